The molecule has 1 aliphatic heterocycles. The quantitative estimate of drug-likeness (QED) is 0.893. The number of rotatable bonds is 5. The van der Waals surface area contributed by atoms with Gasteiger partial charge < -0.3 is 14.7 Å². The topological polar surface area (TPSA) is 67.6 Å². The minimum Gasteiger partial charge on any atom is -0.508 e. The van der Waals surface area contributed by atoms with E-state index < -0.39 is 0 Å². The predicted octanol–water partition coefficient (Wildman–Crippen LogP) is 2.95. The first-order valence-corrected chi connectivity index (χ1v) is 9.14. The summed E-state index contributed by atoms with van der Waals surface area (Å²) in [5.41, 5.74) is 2.67. The van der Waals surface area contributed by atoms with Gasteiger partial charge in [0.25, 0.3) is 5.91 Å². The van der Waals surface area contributed by atoms with Gasteiger partial charge in [-0.15, -0.1) is 0 Å². The molecule has 0 aliphatic carbocycles. The Morgan fingerprint density at radius 1 is 1.35 bits per heavy atom. The number of ether oxygens (including phenoxy) is 1. The van der Waals surface area contributed by atoms with Crippen LogP contribution in [0.2, 0.25) is 0 Å². The average molecular weight is 357 g/mol. The summed E-state index contributed by atoms with van der Waals surface area (Å²) in [4.78, 5) is 14.7. The molecule has 1 N–H and O–H groups in total. The van der Waals surface area contributed by atoms with Crippen LogP contribution in [-0.2, 0) is 11.2 Å². The first-order chi connectivity index (χ1) is 12.5. The van der Waals surface area contributed by atoms with Crippen molar-refractivity contribution >= 4 is 5.91 Å². The van der Waals surface area contributed by atoms with Crippen molar-refractivity contribution < 1.29 is 14.6 Å². The van der Waals surface area contributed by atoms with Crippen LogP contribution in [0, 0.1) is 6.92 Å². The molecular formula is C20H27N3O3. The predicted molar refractivity (Wildman–Crippen MR) is 99.4 cm³/mol. The normalized spacial score (nSPS) is 16.4. The van der Waals surface area contributed by atoms with E-state index in [9.17, 15) is 9.90 Å². The van der Waals surface area contributed by atoms with Crippen LogP contribution in [0.4, 0.5) is 0 Å². The van der Waals surface area contributed by atoms with Gasteiger partial charge in [-0.1, -0.05) is 12.1 Å². The Morgan fingerprint density at radius 2 is 2.00 bits per heavy atom. The molecule has 1 unspecified atom stereocenters. The minimum atomic E-state index is -0.00733. The summed E-state index contributed by atoms with van der Waals surface area (Å²) < 4.78 is 7.40. The number of benzene rings is 1. The highest BCUT2D eigenvalue weighted by atomic mass is 16.5. The second kappa shape index (κ2) is 7.91. The second-order valence-electron chi connectivity index (χ2n) is 7.07. The van der Waals surface area contributed by atoms with E-state index in [2.05, 4.69) is 5.10 Å². The molecule has 6 nitrogen and oxygen atoms in total. The van der Waals surface area contributed by atoms with Crippen molar-refractivity contribution in [3.63, 3.8) is 0 Å². The number of aromatic nitrogens is 2. The zero-order valence-corrected chi connectivity index (χ0v) is 15.7. The van der Waals surface area contributed by atoms with Crippen LogP contribution in [0.3, 0.4) is 0 Å². The second-order valence-corrected chi connectivity index (χ2v) is 7.07. The highest BCUT2D eigenvalue weighted by Gasteiger charge is 2.25. The molecule has 1 aromatic heterocycles. The standard InChI is InChI=1S/C20H27N3O3/c1-14(12-16-4-6-18(24)7-5-16)22(3)20(25)19-13-21-23(15(19)2)17-8-10-26-11-9-17/h4-7,13-14,17,24H,8-12H2,1-3H3. The molecule has 1 aliphatic rings. The lowest BCUT2D eigenvalue weighted by molar-refractivity contribution is 0.0655. The van der Waals surface area contributed by atoms with E-state index in [4.69, 9.17) is 4.74 Å². The SMILES string of the molecule is Cc1c(C(=O)N(C)C(C)Cc2ccc(O)cc2)cnn1C1CCOCC1. The van der Waals surface area contributed by atoms with Crippen LogP contribution in [0.15, 0.2) is 30.5 Å². The summed E-state index contributed by atoms with van der Waals surface area (Å²) in [6.07, 6.45) is 4.29. The van der Waals surface area contributed by atoms with E-state index in [-0.39, 0.29) is 17.7 Å². The van der Waals surface area contributed by atoms with Crippen LogP contribution < -0.4 is 0 Å². The first kappa shape index (κ1) is 18.5. The third-order valence-corrected chi connectivity index (χ3v) is 5.26. The molecule has 6 heteroatoms. The van der Waals surface area contributed by atoms with Gasteiger partial charge in [-0.25, -0.2) is 0 Å². The Hall–Kier alpha value is -2.34. The monoisotopic (exact) mass is 357 g/mol. The maximum Gasteiger partial charge on any atom is 0.257 e. The van der Waals surface area contributed by atoms with Crippen molar-refractivity contribution in [1.29, 1.82) is 0 Å². The molecular weight excluding hydrogens is 330 g/mol. The lowest BCUT2D eigenvalue weighted by Crippen LogP contribution is -2.36. The van der Waals surface area contributed by atoms with E-state index in [0.29, 0.717) is 11.6 Å². The number of carbonyl (C=O) groups is 1. The Kier molecular flexibility index (Phi) is 5.61. The minimum absolute atomic E-state index is 0.00733. The Bertz CT molecular complexity index is 748. The van der Waals surface area contributed by atoms with E-state index >= 15 is 0 Å². The van der Waals surface area contributed by atoms with Gasteiger partial charge in [0.2, 0.25) is 0 Å². The summed E-state index contributed by atoms with van der Waals surface area (Å²) in [5, 5.41) is 13.9. The molecule has 0 bridgehead atoms. The van der Waals surface area contributed by atoms with Crippen LogP contribution >= 0.6 is 0 Å². The zero-order valence-electron chi connectivity index (χ0n) is 15.7. The zero-order chi connectivity index (χ0) is 18.7. The van der Waals surface area contributed by atoms with Crippen molar-refractivity contribution in [3.8, 4) is 5.75 Å². The number of aromatic hydroxyl groups is 1. The van der Waals surface area contributed by atoms with E-state index in [1.54, 1.807) is 23.2 Å². The molecule has 1 amide bonds. The number of nitrogens with zero attached hydrogens (tertiary/aromatic N) is 3. The molecule has 2 heterocycles. The van der Waals surface area contributed by atoms with E-state index in [1.807, 2.05) is 37.7 Å². The highest BCUT2D eigenvalue weighted by Crippen LogP contribution is 2.24. The Labute approximate surface area is 154 Å². The van der Waals surface area contributed by atoms with Gasteiger partial charge in [0.05, 0.1) is 17.8 Å². The number of likely N-dealkylation sites (N-methyl/N-ethyl adjacent to an activating group) is 1. The van der Waals surface area contributed by atoms with Crippen molar-refractivity contribution in [2.75, 3.05) is 20.3 Å². The van der Waals surface area contributed by atoms with Crippen molar-refractivity contribution in [2.45, 2.75) is 45.2 Å². The fourth-order valence-corrected chi connectivity index (χ4v) is 3.43. The smallest absolute Gasteiger partial charge is 0.257 e. The summed E-state index contributed by atoms with van der Waals surface area (Å²) in [5.74, 6) is 0.245. The molecule has 26 heavy (non-hydrogen) atoms. The molecule has 140 valence electrons. The van der Waals surface area contributed by atoms with Crippen LogP contribution in [-0.4, -0.2) is 52.0 Å². The summed E-state index contributed by atoms with van der Waals surface area (Å²) in [6, 6.07) is 7.47. The number of hydrogen-bond donors (Lipinski definition) is 1. The third kappa shape index (κ3) is 3.90. The van der Waals surface area contributed by atoms with Gasteiger partial charge >= 0.3 is 0 Å². The lowest BCUT2D eigenvalue weighted by Gasteiger charge is -2.26. The highest BCUT2D eigenvalue weighted by molar-refractivity contribution is 5.95. The summed E-state index contributed by atoms with van der Waals surface area (Å²) in [6.45, 7) is 5.49. The largest absolute Gasteiger partial charge is 0.508 e. The average Bonchev–Trinajstić information content (AvgIpc) is 3.04. The Balaban J connectivity index is 1.69. The fraction of sp³-hybridized carbons (Fsp3) is 0.500. The summed E-state index contributed by atoms with van der Waals surface area (Å²) >= 11 is 0. The maximum atomic E-state index is 13.0. The maximum absolute atomic E-state index is 13.0. The van der Waals surface area contributed by atoms with Crippen LogP contribution in [0.1, 0.15) is 47.4 Å². The van der Waals surface area contributed by atoms with Crippen LogP contribution in [0.5, 0.6) is 5.75 Å². The number of amides is 1. The molecule has 2 aromatic rings. The fourth-order valence-electron chi connectivity index (χ4n) is 3.43. The third-order valence-electron chi connectivity index (χ3n) is 5.26. The van der Waals surface area contributed by atoms with Gasteiger partial charge in [-0.3, -0.25) is 9.48 Å². The number of phenols is 1. The molecule has 1 saturated heterocycles. The lowest BCUT2D eigenvalue weighted by atomic mass is 10.1. The molecule has 0 spiro atoms. The van der Waals surface area contributed by atoms with Gasteiger partial charge in [-0.2, -0.15) is 5.10 Å². The molecule has 1 aromatic carbocycles. The van der Waals surface area contributed by atoms with Crippen molar-refractivity contribution in [1.82, 2.24) is 14.7 Å². The van der Waals surface area contributed by atoms with E-state index in [1.165, 1.54) is 0 Å². The molecule has 0 radical (unpaired) electrons. The molecule has 3 rings (SSSR count). The van der Waals surface area contributed by atoms with Crippen molar-refractivity contribution in [2.24, 2.45) is 0 Å². The van der Waals surface area contributed by atoms with Crippen molar-refractivity contribution in [3.05, 3.63) is 47.3 Å². The molecule has 1 fully saturated rings. The number of carbonyl (C=O) groups excluding carboxylic acids is 1. The molecule has 0 saturated carbocycles. The van der Waals surface area contributed by atoms with Crippen LogP contribution in [0.25, 0.3) is 0 Å². The van der Waals surface area contributed by atoms with Gasteiger partial charge in [0, 0.05) is 32.0 Å². The van der Waals surface area contributed by atoms with E-state index in [0.717, 1.165) is 43.7 Å². The summed E-state index contributed by atoms with van der Waals surface area (Å²) in [7, 11) is 1.83. The molecule has 1 atom stereocenters. The van der Waals surface area contributed by atoms with Gasteiger partial charge in [0.15, 0.2) is 0 Å². The first-order valence-electron chi connectivity index (χ1n) is 9.14. The van der Waals surface area contributed by atoms with Gasteiger partial charge in [-0.05, 0) is 50.8 Å². The Morgan fingerprint density at radius 3 is 2.65 bits per heavy atom. The number of hydrogen-bond acceptors (Lipinski definition) is 4. The van der Waals surface area contributed by atoms with Gasteiger partial charge in [0.1, 0.15) is 5.75 Å². The number of phenolic OH excluding ortho intramolecular Hbond substituents is 1.